The van der Waals surface area contributed by atoms with Crippen molar-refractivity contribution in [1.29, 1.82) is 5.41 Å². The lowest BCUT2D eigenvalue weighted by atomic mass is 10.0. The molecule has 5 N–H and O–H groups in total. The highest BCUT2D eigenvalue weighted by atomic mass is 19.1. The SMILES string of the molecule is Cc1nc2c(C(N)=NC=N)cc(-c3ccnc(N)c3F)cc2n1-c1ccnc2cccc(F)c12. The summed E-state index contributed by atoms with van der Waals surface area (Å²) in [5.41, 5.74) is 14.9. The first-order valence-corrected chi connectivity index (χ1v) is 10.2. The molecule has 0 atom stereocenters. The molecule has 34 heavy (non-hydrogen) atoms. The van der Waals surface area contributed by atoms with Gasteiger partial charge in [-0.15, -0.1) is 0 Å². The van der Waals surface area contributed by atoms with Crippen molar-refractivity contribution in [3.8, 4) is 16.8 Å². The molecule has 0 radical (unpaired) electrons. The Balaban J connectivity index is 1.92. The van der Waals surface area contributed by atoms with Crippen molar-refractivity contribution >= 4 is 39.9 Å². The Morgan fingerprint density at radius 2 is 1.91 bits per heavy atom. The summed E-state index contributed by atoms with van der Waals surface area (Å²) in [6.07, 6.45) is 3.80. The zero-order chi connectivity index (χ0) is 24.0. The minimum atomic E-state index is -0.682. The van der Waals surface area contributed by atoms with Gasteiger partial charge in [0.05, 0.1) is 22.1 Å². The fourth-order valence-corrected chi connectivity index (χ4v) is 4.10. The summed E-state index contributed by atoms with van der Waals surface area (Å²) in [5, 5.41) is 7.63. The van der Waals surface area contributed by atoms with Crippen molar-refractivity contribution in [2.45, 2.75) is 6.92 Å². The number of amidine groups is 1. The number of anilines is 1. The van der Waals surface area contributed by atoms with Crippen molar-refractivity contribution in [2.24, 2.45) is 10.7 Å². The zero-order valence-electron chi connectivity index (χ0n) is 17.9. The summed E-state index contributed by atoms with van der Waals surface area (Å²) < 4.78 is 31.6. The first kappa shape index (κ1) is 21.1. The minimum Gasteiger partial charge on any atom is -0.383 e. The van der Waals surface area contributed by atoms with Gasteiger partial charge < -0.3 is 11.5 Å². The Labute approximate surface area is 192 Å². The monoisotopic (exact) mass is 456 g/mol. The fraction of sp³-hybridized carbons (Fsp3) is 0.0417. The summed E-state index contributed by atoms with van der Waals surface area (Å²) in [6, 6.07) is 11.2. The van der Waals surface area contributed by atoms with Gasteiger partial charge in [-0.3, -0.25) is 15.0 Å². The first-order valence-electron chi connectivity index (χ1n) is 10.2. The second kappa shape index (κ2) is 8.00. The number of hydrogen-bond donors (Lipinski definition) is 3. The van der Waals surface area contributed by atoms with E-state index >= 15 is 0 Å². The second-order valence-electron chi connectivity index (χ2n) is 7.55. The van der Waals surface area contributed by atoms with Crippen LogP contribution < -0.4 is 11.5 Å². The molecular formula is C24H18F2N8. The van der Waals surface area contributed by atoms with Crippen LogP contribution in [0.15, 0.2) is 59.9 Å². The van der Waals surface area contributed by atoms with E-state index in [-0.39, 0.29) is 17.2 Å². The van der Waals surface area contributed by atoms with Crippen LogP contribution in [-0.4, -0.2) is 31.7 Å². The van der Waals surface area contributed by atoms with Crippen molar-refractivity contribution in [3.63, 3.8) is 0 Å². The maximum Gasteiger partial charge on any atom is 0.173 e. The molecule has 3 aromatic heterocycles. The number of nitrogens with one attached hydrogen (secondary N) is 1. The van der Waals surface area contributed by atoms with Crippen molar-refractivity contribution < 1.29 is 8.78 Å². The van der Waals surface area contributed by atoms with E-state index in [1.54, 1.807) is 48.0 Å². The largest absolute Gasteiger partial charge is 0.383 e. The van der Waals surface area contributed by atoms with Crippen LogP contribution in [0.5, 0.6) is 0 Å². The smallest absolute Gasteiger partial charge is 0.173 e. The Bertz CT molecular complexity index is 1630. The third kappa shape index (κ3) is 3.24. The van der Waals surface area contributed by atoms with Gasteiger partial charge in [0.25, 0.3) is 0 Å². The van der Waals surface area contributed by atoms with Crippen LogP contribution in [0.4, 0.5) is 14.6 Å². The van der Waals surface area contributed by atoms with E-state index in [4.69, 9.17) is 16.9 Å². The van der Waals surface area contributed by atoms with E-state index in [1.807, 2.05) is 0 Å². The molecule has 0 amide bonds. The number of halogens is 2. The molecule has 0 aliphatic heterocycles. The molecule has 10 heteroatoms. The molecule has 168 valence electrons. The van der Waals surface area contributed by atoms with Gasteiger partial charge >= 0.3 is 0 Å². The summed E-state index contributed by atoms with van der Waals surface area (Å²) >= 11 is 0. The second-order valence-corrected chi connectivity index (χ2v) is 7.55. The van der Waals surface area contributed by atoms with E-state index in [9.17, 15) is 8.78 Å². The van der Waals surface area contributed by atoms with Crippen LogP contribution in [0.1, 0.15) is 11.4 Å². The first-order chi connectivity index (χ1) is 16.4. The fourth-order valence-electron chi connectivity index (χ4n) is 4.10. The van der Waals surface area contributed by atoms with Crippen molar-refractivity contribution in [2.75, 3.05) is 5.73 Å². The number of aryl methyl sites for hydroxylation is 1. The normalized spacial score (nSPS) is 11.9. The molecule has 8 nitrogen and oxygen atoms in total. The van der Waals surface area contributed by atoms with Gasteiger partial charge in [-0.2, -0.15) is 0 Å². The molecule has 5 rings (SSSR count). The van der Waals surface area contributed by atoms with Crippen molar-refractivity contribution in [1.82, 2.24) is 19.5 Å². The van der Waals surface area contributed by atoms with Gasteiger partial charge in [-0.1, -0.05) is 6.07 Å². The van der Waals surface area contributed by atoms with Gasteiger partial charge in [0.1, 0.15) is 29.3 Å². The summed E-state index contributed by atoms with van der Waals surface area (Å²) in [5.74, 6) is -0.789. The minimum absolute atomic E-state index is 0.0275. The van der Waals surface area contributed by atoms with E-state index < -0.39 is 11.6 Å². The van der Waals surface area contributed by atoms with E-state index in [1.165, 1.54) is 18.3 Å². The van der Waals surface area contributed by atoms with E-state index in [0.29, 0.717) is 44.6 Å². The molecule has 0 spiro atoms. The number of hydrogen-bond acceptors (Lipinski definition) is 5. The summed E-state index contributed by atoms with van der Waals surface area (Å²) in [6.45, 7) is 1.77. The lowest BCUT2D eigenvalue weighted by molar-refractivity contribution is 0.631. The Hall–Kier alpha value is -4.73. The van der Waals surface area contributed by atoms with Gasteiger partial charge in [-0.25, -0.2) is 23.7 Å². The number of pyridine rings is 2. The average molecular weight is 456 g/mol. The quantitative estimate of drug-likeness (QED) is 0.276. The molecule has 0 aliphatic carbocycles. The maximum absolute atomic E-state index is 14.9. The molecule has 0 fully saturated rings. The number of rotatable bonds is 4. The highest BCUT2D eigenvalue weighted by molar-refractivity contribution is 6.11. The lowest BCUT2D eigenvalue weighted by Gasteiger charge is -2.13. The summed E-state index contributed by atoms with van der Waals surface area (Å²) in [7, 11) is 0. The summed E-state index contributed by atoms with van der Waals surface area (Å²) in [4.78, 5) is 16.6. The average Bonchev–Trinajstić information content (AvgIpc) is 3.15. The predicted octanol–water partition coefficient (Wildman–Crippen LogP) is 4.12. The molecular weight excluding hydrogens is 438 g/mol. The molecule has 0 saturated carbocycles. The number of nitrogens with zero attached hydrogens (tertiary/aromatic N) is 5. The number of nitrogen functional groups attached to an aromatic ring is 1. The van der Waals surface area contributed by atoms with Crippen LogP contribution in [0.2, 0.25) is 0 Å². The number of aromatic nitrogens is 4. The number of aliphatic imine (C=N–C) groups is 1. The molecule has 0 unspecified atom stereocenters. The van der Waals surface area contributed by atoms with Crippen LogP contribution in [0.25, 0.3) is 38.8 Å². The van der Waals surface area contributed by atoms with Crippen LogP contribution in [-0.2, 0) is 0 Å². The molecule has 3 heterocycles. The van der Waals surface area contributed by atoms with Crippen molar-refractivity contribution in [3.05, 3.63) is 77.9 Å². The molecule has 5 aromatic rings. The number of fused-ring (bicyclic) bond motifs is 2. The topological polar surface area (TPSA) is 132 Å². The van der Waals surface area contributed by atoms with Gasteiger partial charge in [0.15, 0.2) is 11.6 Å². The third-order valence-electron chi connectivity index (χ3n) is 5.57. The van der Waals surface area contributed by atoms with Crippen LogP contribution in [0, 0.1) is 24.0 Å². The lowest BCUT2D eigenvalue weighted by Crippen LogP contribution is -2.14. The maximum atomic E-state index is 14.9. The molecule has 0 aliphatic rings. The van der Waals surface area contributed by atoms with E-state index in [2.05, 4.69) is 19.9 Å². The third-order valence-corrected chi connectivity index (χ3v) is 5.57. The Kier molecular flexibility index (Phi) is 4.97. The van der Waals surface area contributed by atoms with Gasteiger partial charge in [-0.05, 0) is 48.9 Å². The highest BCUT2D eigenvalue weighted by Crippen LogP contribution is 2.34. The standard InChI is InChI=1S/C24H18F2N8/c1-12-33-22-15(23(28)32-11-27)9-13(14-5-7-31-24(29)21(14)26)10-19(22)34(12)18-6-8-30-17-4-2-3-16(25)20(17)18/h2-11H,1H3,(H2,29,31)(H3,27,28,32). The van der Waals surface area contributed by atoms with Gasteiger partial charge in [0, 0.05) is 23.5 Å². The van der Waals surface area contributed by atoms with Crippen LogP contribution in [0.3, 0.4) is 0 Å². The zero-order valence-corrected chi connectivity index (χ0v) is 17.9. The van der Waals surface area contributed by atoms with E-state index in [0.717, 1.165) is 6.34 Å². The van der Waals surface area contributed by atoms with Crippen LogP contribution >= 0.6 is 0 Å². The number of nitrogens with two attached hydrogens (primary N) is 2. The van der Waals surface area contributed by atoms with Gasteiger partial charge in [0.2, 0.25) is 0 Å². The number of benzene rings is 2. The number of imidazole rings is 1. The highest BCUT2D eigenvalue weighted by Gasteiger charge is 2.21. The molecule has 0 bridgehead atoms. The Morgan fingerprint density at radius 3 is 2.71 bits per heavy atom. The predicted molar refractivity (Wildman–Crippen MR) is 128 cm³/mol. The molecule has 0 saturated heterocycles. The Morgan fingerprint density at radius 1 is 1.12 bits per heavy atom. The molecule has 2 aromatic carbocycles.